The molecule has 0 spiro atoms. The number of hydrogen-bond acceptors (Lipinski definition) is 4. The van der Waals surface area contributed by atoms with E-state index in [1.54, 1.807) is 0 Å². The number of ether oxygens (including phenoxy) is 4. The van der Waals surface area contributed by atoms with Gasteiger partial charge in [-0.25, -0.2) is 0 Å². The van der Waals surface area contributed by atoms with Crippen molar-refractivity contribution in [2.24, 2.45) is 5.92 Å². The van der Waals surface area contributed by atoms with Crippen molar-refractivity contribution in [2.75, 3.05) is 6.79 Å². The van der Waals surface area contributed by atoms with Crippen LogP contribution in [0.25, 0.3) is 0 Å². The average Bonchev–Trinajstić information content (AvgIpc) is 2.80. The maximum absolute atomic E-state index is 6.29. The Kier molecular flexibility index (Phi) is 2.40. The molecule has 4 atom stereocenters. The fraction of sp³-hybridized carbons (Fsp3) is 0.733. The third kappa shape index (κ3) is 1.55. The van der Waals surface area contributed by atoms with Crippen LogP contribution in [0.15, 0.2) is 23.4 Å². The molecule has 2 fully saturated rings. The summed E-state index contributed by atoms with van der Waals surface area (Å²) in [5, 5.41) is 0. The molecule has 104 valence electrons. The molecule has 4 heteroatoms. The number of fused-ring (bicyclic) bond motifs is 3. The second-order valence-corrected chi connectivity index (χ2v) is 6.05. The Hall–Kier alpha value is -1.16. The molecule has 19 heavy (non-hydrogen) atoms. The number of hydrogen-bond donors (Lipinski definition) is 0. The lowest BCUT2D eigenvalue weighted by Gasteiger charge is -2.44. The van der Waals surface area contributed by atoms with Crippen LogP contribution in [0.5, 0.6) is 0 Å². The van der Waals surface area contributed by atoms with Gasteiger partial charge in [0, 0.05) is 5.92 Å². The van der Waals surface area contributed by atoms with E-state index in [4.69, 9.17) is 18.9 Å². The van der Waals surface area contributed by atoms with E-state index in [9.17, 15) is 0 Å². The van der Waals surface area contributed by atoms with Gasteiger partial charge in [0.25, 0.3) is 0 Å². The Bertz CT molecular complexity index is 467. The molecular formula is C15H20O4. The predicted octanol–water partition coefficient (Wildman–Crippen LogP) is 2.85. The molecule has 0 N–H and O–H groups in total. The van der Waals surface area contributed by atoms with Gasteiger partial charge in [-0.2, -0.15) is 0 Å². The lowest BCUT2D eigenvalue weighted by Crippen LogP contribution is -2.46. The first-order valence-corrected chi connectivity index (χ1v) is 7.25. The van der Waals surface area contributed by atoms with Gasteiger partial charge in [0.05, 0.1) is 0 Å². The zero-order chi connectivity index (χ0) is 13.0. The van der Waals surface area contributed by atoms with Crippen LogP contribution < -0.4 is 0 Å². The van der Waals surface area contributed by atoms with Gasteiger partial charge < -0.3 is 18.9 Å². The van der Waals surface area contributed by atoms with Gasteiger partial charge >= 0.3 is 0 Å². The van der Waals surface area contributed by atoms with Gasteiger partial charge in [-0.05, 0) is 38.7 Å². The topological polar surface area (TPSA) is 36.9 Å². The van der Waals surface area contributed by atoms with Crippen molar-refractivity contribution in [3.63, 3.8) is 0 Å². The van der Waals surface area contributed by atoms with E-state index in [2.05, 4.69) is 13.0 Å². The molecule has 4 unspecified atom stereocenters. The molecule has 0 aromatic rings. The van der Waals surface area contributed by atoms with Crippen LogP contribution >= 0.6 is 0 Å². The Labute approximate surface area is 113 Å². The quantitative estimate of drug-likeness (QED) is 0.674. The standard InChI is InChI=1S/C15H20O4/c1-9-7-12-15(2,17-8-16-12)14-13(9)18-10-5-3-4-6-11(10)19-14/h7,9-11H,3-6,8H2,1-2H3. The molecule has 4 rings (SSSR count). The summed E-state index contributed by atoms with van der Waals surface area (Å²) >= 11 is 0. The predicted molar refractivity (Wildman–Crippen MR) is 67.9 cm³/mol. The molecule has 0 bridgehead atoms. The molecular weight excluding hydrogens is 244 g/mol. The maximum atomic E-state index is 6.29. The first kappa shape index (κ1) is 11.6. The van der Waals surface area contributed by atoms with Crippen molar-refractivity contribution < 1.29 is 18.9 Å². The van der Waals surface area contributed by atoms with E-state index in [1.165, 1.54) is 12.8 Å². The molecule has 0 aromatic carbocycles. The zero-order valence-corrected chi connectivity index (χ0v) is 11.5. The van der Waals surface area contributed by atoms with Crippen molar-refractivity contribution in [1.29, 1.82) is 0 Å². The summed E-state index contributed by atoms with van der Waals surface area (Å²) in [7, 11) is 0. The Morgan fingerprint density at radius 3 is 2.68 bits per heavy atom. The van der Waals surface area contributed by atoms with Crippen LogP contribution in [0, 0.1) is 5.92 Å². The van der Waals surface area contributed by atoms with Crippen LogP contribution in [-0.2, 0) is 18.9 Å². The third-order valence-electron chi connectivity index (χ3n) is 4.69. The van der Waals surface area contributed by atoms with E-state index in [-0.39, 0.29) is 18.1 Å². The van der Waals surface area contributed by atoms with Crippen LogP contribution in [0.2, 0.25) is 0 Å². The van der Waals surface area contributed by atoms with E-state index >= 15 is 0 Å². The maximum Gasteiger partial charge on any atom is 0.190 e. The lowest BCUT2D eigenvalue weighted by atomic mass is 9.86. The Balaban J connectivity index is 1.74. The van der Waals surface area contributed by atoms with Crippen molar-refractivity contribution in [1.82, 2.24) is 0 Å². The molecule has 2 heterocycles. The molecule has 1 saturated carbocycles. The zero-order valence-electron chi connectivity index (χ0n) is 11.5. The third-order valence-corrected chi connectivity index (χ3v) is 4.69. The second-order valence-electron chi connectivity index (χ2n) is 6.05. The van der Waals surface area contributed by atoms with Gasteiger partial charge in [0.15, 0.2) is 18.2 Å². The monoisotopic (exact) mass is 264 g/mol. The van der Waals surface area contributed by atoms with Crippen LogP contribution in [-0.4, -0.2) is 24.6 Å². The highest BCUT2D eigenvalue weighted by molar-refractivity contribution is 5.37. The molecule has 2 aliphatic carbocycles. The highest BCUT2D eigenvalue weighted by Crippen LogP contribution is 2.48. The molecule has 1 saturated heterocycles. The summed E-state index contributed by atoms with van der Waals surface area (Å²) in [6.07, 6.45) is 7.12. The molecule has 4 aliphatic rings. The van der Waals surface area contributed by atoms with Gasteiger partial charge in [0.1, 0.15) is 23.7 Å². The summed E-state index contributed by atoms with van der Waals surface area (Å²) in [6, 6.07) is 0. The molecule has 0 radical (unpaired) electrons. The number of allylic oxidation sites excluding steroid dienone is 1. The summed E-state index contributed by atoms with van der Waals surface area (Å²) < 4.78 is 23.9. The van der Waals surface area contributed by atoms with E-state index in [0.717, 1.165) is 30.1 Å². The molecule has 0 amide bonds. The smallest absolute Gasteiger partial charge is 0.190 e. The summed E-state index contributed by atoms with van der Waals surface area (Å²) in [5.74, 6) is 2.86. The molecule has 2 aliphatic heterocycles. The van der Waals surface area contributed by atoms with E-state index in [1.807, 2.05) is 6.92 Å². The van der Waals surface area contributed by atoms with Crippen molar-refractivity contribution in [3.05, 3.63) is 23.4 Å². The van der Waals surface area contributed by atoms with Crippen molar-refractivity contribution in [3.8, 4) is 0 Å². The van der Waals surface area contributed by atoms with Crippen LogP contribution in [0.1, 0.15) is 39.5 Å². The first-order valence-electron chi connectivity index (χ1n) is 7.25. The summed E-state index contributed by atoms with van der Waals surface area (Å²) in [5.41, 5.74) is -0.579. The lowest BCUT2D eigenvalue weighted by molar-refractivity contribution is -0.123. The minimum absolute atomic E-state index is 0.181. The van der Waals surface area contributed by atoms with Gasteiger partial charge in [0.2, 0.25) is 0 Å². The number of rotatable bonds is 0. The van der Waals surface area contributed by atoms with E-state index < -0.39 is 5.60 Å². The van der Waals surface area contributed by atoms with Crippen molar-refractivity contribution in [2.45, 2.75) is 57.3 Å². The summed E-state index contributed by atoms with van der Waals surface area (Å²) in [6.45, 7) is 4.43. The Morgan fingerprint density at radius 1 is 1.16 bits per heavy atom. The van der Waals surface area contributed by atoms with Crippen LogP contribution in [0.4, 0.5) is 0 Å². The van der Waals surface area contributed by atoms with Crippen molar-refractivity contribution >= 4 is 0 Å². The van der Waals surface area contributed by atoms with Gasteiger partial charge in [-0.3, -0.25) is 0 Å². The highest BCUT2D eigenvalue weighted by atomic mass is 16.7. The highest BCUT2D eigenvalue weighted by Gasteiger charge is 2.52. The minimum atomic E-state index is -0.579. The molecule has 4 nitrogen and oxygen atoms in total. The normalized spacial score (nSPS) is 44.1. The molecule has 0 aromatic heterocycles. The second kappa shape index (κ2) is 3.92. The summed E-state index contributed by atoms with van der Waals surface area (Å²) in [4.78, 5) is 0. The average molecular weight is 264 g/mol. The fourth-order valence-electron chi connectivity index (χ4n) is 3.53. The first-order chi connectivity index (χ1) is 9.18. The Morgan fingerprint density at radius 2 is 1.89 bits per heavy atom. The SMILES string of the molecule is CC1C=C2OCOC2(C)C2=C1OC1CCCCC1O2. The van der Waals surface area contributed by atoms with Gasteiger partial charge in [-0.15, -0.1) is 0 Å². The fourth-order valence-corrected chi connectivity index (χ4v) is 3.53. The van der Waals surface area contributed by atoms with Crippen LogP contribution in [0.3, 0.4) is 0 Å². The van der Waals surface area contributed by atoms with E-state index in [0.29, 0.717) is 6.79 Å². The van der Waals surface area contributed by atoms with Gasteiger partial charge in [-0.1, -0.05) is 6.92 Å². The minimum Gasteiger partial charge on any atom is -0.487 e. The largest absolute Gasteiger partial charge is 0.487 e.